The third kappa shape index (κ3) is 2.84. The highest BCUT2D eigenvalue weighted by Gasteiger charge is 2.28. The maximum absolute atomic E-state index is 13.6. The van der Waals surface area contributed by atoms with Gasteiger partial charge in [0.1, 0.15) is 11.6 Å². The van der Waals surface area contributed by atoms with E-state index < -0.39 is 17.5 Å². The average Bonchev–Trinajstić information content (AvgIpc) is 2.82. The second-order valence-corrected chi connectivity index (χ2v) is 4.71. The summed E-state index contributed by atoms with van der Waals surface area (Å²) in [5.74, 6) is -1.93. The minimum atomic E-state index is -0.883. The van der Waals surface area contributed by atoms with E-state index in [4.69, 9.17) is 10.5 Å². The van der Waals surface area contributed by atoms with Crippen LogP contribution in [0.1, 0.15) is 16.8 Å². The van der Waals surface area contributed by atoms with Gasteiger partial charge in [0, 0.05) is 32.2 Å². The van der Waals surface area contributed by atoms with Crippen molar-refractivity contribution in [3.05, 3.63) is 29.3 Å². The average molecular weight is 270 g/mol. The van der Waals surface area contributed by atoms with Gasteiger partial charge in [0.25, 0.3) is 5.91 Å². The van der Waals surface area contributed by atoms with Gasteiger partial charge in [-0.05, 0) is 12.5 Å². The van der Waals surface area contributed by atoms with Crippen LogP contribution in [0, 0.1) is 17.6 Å². The van der Waals surface area contributed by atoms with E-state index in [9.17, 15) is 13.6 Å². The van der Waals surface area contributed by atoms with Gasteiger partial charge in [-0.15, -0.1) is 0 Å². The standard InChI is InChI=1S/C13H16F2N2O2/c1-19-7-8-2-3-17(6-8)13(18)9-4-12(16)11(15)5-10(9)14/h4-5,8H,2-3,6-7,16H2,1H3. The van der Waals surface area contributed by atoms with Crippen LogP contribution in [-0.4, -0.2) is 37.6 Å². The van der Waals surface area contributed by atoms with Crippen LogP contribution in [-0.2, 0) is 4.74 Å². The van der Waals surface area contributed by atoms with Crippen molar-refractivity contribution in [2.75, 3.05) is 32.5 Å². The first-order chi connectivity index (χ1) is 9.02. The summed E-state index contributed by atoms with van der Waals surface area (Å²) in [6.07, 6.45) is 0.817. The van der Waals surface area contributed by atoms with E-state index >= 15 is 0 Å². The molecule has 1 saturated heterocycles. The molecule has 104 valence electrons. The Hall–Kier alpha value is -1.69. The lowest BCUT2D eigenvalue weighted by molar-refractivity contribution is 0.0771. The summed E-state index contributed by atoms with van der Waals surface area (Å²) in [6.45, 7) is 1.63. The second kappa shape index (κ2) is 5.52. The lowest BCUT2D eigenvalue weighted by Crippen LogP contribution is -2.30. The number of hydrogen-bond donors (Lipinski definition) is 1. The third-order valence-electron chi connectivity index (χ3n) is 3.29. The van der Waals surface area contributed by atoms with Crippen molar-refractivity contribution in [2.45, 2.75) is 6.42 Å². The Morgan fingerprint density at radius 2 is 2.21 bits per heavy atom. The molecule has 1 fully saturated rings. The summed E-state index contributed by atoms with van der Waals surface area (Å²) in [6, 6.07) is 1.70. The number of amides is 1. The van der Waals surface area contributed by atoms with Crippen molar-refractivity contribution < 1.29 is 18.3 Å². The Morgan fingerprint density at radius 1 is 1.47 bits per heavy atom. The number of carbonyl (C=O) groups is 1. The number of methoxy groups -OCH3 is 1. The van der Waals surface area contributed by atoms with Gasteiger partial charge >= 0.3 is 0 Å². The lowest BCUT2D eigenvalue weighted by atomic mass is 10.1. The molecule has 1 unspecified atom stereocenters. The SMILES string of the molecule is COCC1CCN(C(=O)c2cc(N)c(F)cc2F)C1. The maximum Gasteiger partial charge on any atom is 0.256 e. The fourth-order valence-electron chi connectivity index (χ4n) is 2.29. The van der Waals surface area contributed by atoms with Gasteiger partial charge in [0.15, 0.2) is 0 Å². The summed E-state index contributed by atoms with van der Waals surface area (Å²) in [4.78, 5) is 13.7. The number of halogens is 2. The predicted octanol–water partition coefficient (Wildman–Crippen LogP) is 1.66. The van der Waals surface area contributed by atoms with Crippen molar-refractivity contribution in [2.24, 2.45) is 5.92 Å². The molecule has 2 N–H and O–H groups in total. The summed E-state index contributed by atoms with van der Waals surface area (Å²) in [5.41, 5.74) is 4.96. The number of likely N-dealkylation sites (tertiary alicyclic amines) is 1. The zero-order valence-electron chi connectivity index (χ0n) is 10.7. The van der Waals surface area contributed by atoms with Gasteiger partial charge in [0.05, 0.1) is 17.9 Å². The molecular weight excluding hydrogens is 254 g/mol. The van der Waals surface area contributed by atoms with Crippen LogP contribution in [0.25, 0.3) is 0 Å². The molecule has 1 amide bonds. The van der Waals surface area contributed by atoms with Crippen LogP contribution in [0.15, 0.2) is 12.1 Å². The fourth-order valence-corrected chi connectivity index (χ4v) is 2.29. The van der Waals surface area contributed by atoms with Gasteiger partial charge in [-0.1, -0.05) is 0 Å². The molecule has 0 aromatic heterocycles. The van der Waals surface area contributed by atoms with Gasteiger partial charge < -0.3 is 15.4 Å². The largest absolute Gasteiger partial charge is 0.396 e. The monoisotopic (exact) mass is 270 g/mol. The lowest BCUT2D eigenvalue weighted by Gasteiger charge is -2.17. The van der Waals surface area contributed by atoms with Crippen molar-refractivity contribution in [1.82, 2.24) is 4.90 Å². The number of nitrogens with two attached hydrogens (primary N) is 1. The van der Waals surface area contributed by atoms with Crippen molar-refractivity contribution >= 4 is 11.6 Å². The van der Waals surface area contributed by atoms with E-state index in [1.54, 1.807) is 12.0 Å². The van der Waals surface area contributed by atoms with Gasteiger partial charge in [-0.25, -0.2) is 8.78 Å². The van der Waals surface area contributed by atoms with E-state index in [1.165, 1.54) is 0 Å². The number of rotatable bonds is 3. The second-order valence-electron chi connectivity index (χ2n) is 4.71. The van der Waals surface area contributed by atoms with Crippen molar-refractivity contribution in [3.8, 4) is 0 Å². The quantitative estimate of drug-likeness (QED) is 0.850. The molecule has 1 heterocycles. The highest BCUT2D eigenvalue weighted by Crippen LogP contribution is 2.22. The molecule has 2 rings (SSSR count). The van der Waals surface area contributed by atoms with Crippen LogP contribution in [0.4, 0.5) is 14.5 Å². The Kier molecular flexibility index (Phi) is 3.99. The number of nitrogens with zero attached hydrogens (tertiary/aromatic N) is 1. The van der Waals surface area contributed by atoms with Gasteiger partial charge in [-0.3, -0.25) is 4.79 Å². The highest BCUT2D eigenvalue weighted by molar-refractivity contribution is 5.95. The molecule has 0 bridgehead atoms. The van der Waals surface area contributed by atoms with Crippen LogP contribution >= 0.6 is 0 Å². The zero-order chi connectivity index (χ0) is 14.0. The Balaban J connectivity index is 2.15. The summed E-state index contributed by atoms with van der Waals surface area (Å²) in [7, 11) is 1.60. The molecule has 0 radical (unpaired) electrons. The van der Waals surface area contributed by atoms with E-state index in [1.807, 2.05) is 0 Å². The summed E-state index contributed by atoms with van der Waals surface area (Å²) < 4.78 is 31.7. The Morgan fingerprint density at radius 3 is 2.89 bits per heavy atom. The molecule has 0 aliphatic carbocycles. The first-order valence-corrected chi connectivity index (χ1v) is 6.05. The fraction of sp³-hybridized carbons (Fsp3) is 0.462. The third-order valence-corrected chi connectivity index (χ3v) is 3.29. The smallest absolute Gasteiger partial charge is 0.256 e. The van der Waals surface area contributed by atoms with E-state index in [0.717, 1.165) is 12.5 Å². The first-order valence-electron chi connectivity index (χ1n) is 6.05. The number of anilines is 1. The molecule has 1 aromatic carbocycles. The van der Waals surface area contributed by atoms with Crippen molar-refractivity contribution in [1.29, 1.82) is 0 Å². The summed E-state index contributed by atoms with van der Waals surface area (Å²) >= 11 is 0. The first kappa shape index (κ1) is 13.7. The molecule has 0 spiro atoms. The number of carbonyl (C=O) groups excluding carboxylic acids is 1. The number of hydrogen-bond acceptors (Lipinski definition) is 3. The Bertz CT molecular complexity index is 494. The van der Waals surface area contributed by atoms with E-state index in [0.29, 0.717) is 25.8 Å². The molecule has 6 heteroatoms. The topological polar surface area (TPSA) is 55.6 Å². The van der Waals surface area contributed by atoms with Crippen LogP contribution in [0.5, 0.6) is 0 Å². The molecular formula is C13H16F2N2O2. The highest BCUT2D eigenvalue weighted by atomic mass is 19.1. The normalized spacial score (nSPS) is 18.9. The number of nitrogen functional groups attached to an aromatic ring is 1. The molecule has 4 nitrogen and oxygen atoms in total. The molecule has 19 heavy (non-hydrogen) atoms. The van der Waals surface area contributed by atoms with Crippen molar-refractivity contribution in [3.63, 3.8) is 0 Å². The Labute approximate surface area is 110 Å². The summed E-state index contributed by atoms with van der Waals surface area (Å²) in [5, 5.41) is 0. The van der Waals surface area contributed by atoms with E-state index in [2.05, 4.69) is 0 Å². The van der Waals surface area contributed by atoms with Crippen LogP contribution in [0.2, 0.25) is 0 Å². The van der Waals surface area contributed by atoms with Gasteiger partial charge in [0.2, 0.25) is 0 Å². The molecule has 1 aromatic rings. The number of ether oxygens (including phenoxy) is 1. The molecule has 1 aliphatic heterocycles. The van der Waals surface area contributed by atoms with E-state index in [-0.39, 0.29) is 17.2 Å². The predicted molar refractivity (Wildman–Crippen MR) is 66.7 cm³/mol. The maximum atomic E-state index is 13.6. The minimum Gasteiger partial charge on any atom is -0.396 e. The van der Waals surface area contributed by atoms with Crippen LogP contribution in [0.3, 0.4) is 0 Å². The molecule has 1 atom stereocenters. The number of benzene rings is 1. The minimum absolute atomic E-state index is 0.183. The van der Waals surface area contributed by atoms with Gasteiger partial charge in [-0.2, -0.15) is 0 Å². The molecule has 0 saturated carbocycles. The van der Waals surface area contributed by atoms with Crippen LogP contribution < -0.4 is 5.73 Å². The molecule has 1 aliphatic rings. The zero-order valence-corrected chi connectivity index (χ0v) is 10.7.